The summed E-state index contributed by atoms with van der Waals surface area (Å²) in [5.41, 5.74) is 0. The summed E-state index contributed by atoms with van der Waals surface area (Å²) in [7, 11) is 0. The Morgan fingerprint density at radius 3 is 2.57 bits per heavy atom. The molecule has 0 aromatic heterocycles. The summed E-state index contributed by atoms with van der Waals surface area (Å²) in [4.78, 5) is 13.2. The number of hydrogen-bond donors (Lipinski definition) is 0. The van der Waals surface area contributed by atoms with Gasteiger partial charge in [-0.05, 0) is 19.5 Å². The van der Waals surface area contributed by atoms with Gasteiger partial charge in [-0.15, -0.1) is 0 Å². The molecule has 0 aliphatic rings. The van der Waals surface area contributed by atoms with E-state index in [2.05, 4.69) is 17.9 Å². The van der Waals surface area contributed by atoms with Crippen LogP contribution < -0.4 is 0 Å². The van der Waals surface area contributed by atoms with Gasteiger partial charge >= 0.3 is 0 Å². The van der Waals surface area contributed by atoms with Crippen LogP contribution in [-0.2, 0) is 4.79 Å². The molecule has 0 amide bonds. The zero-order valence-electron chi connectivity index (χ0n) is 9.25. The van der Waals surface area contributed by atoms with Gasteiger partial charge in [0.1, 0.15) is 5.78 Å². The quantitative estimate of drug-likeness (QED) is 0.596. The topological polar surface area (TPSA) is 44.1 Å². The van der Waals surface area contributed by atoms with Crippen molar-refractivity contribution in [1.29, 1.82) is 5.26 Å². The van der Waals surface area contributed by atoms with Gasteiger partial charge in [-0.25, -0.2) is 0 Å². The molecule has 0 spiro atoms. The minimum Gasteiger partial charge on any atom is -0.303 e. The van der Waals surface area contributed by atoms with Crippen molar-refractivity contribution in [3.63, 3.8) is 0 Å². The van der Waals surface area contributed by atoms with Crippen LogP contribution in [0, 0.1) is 11.3 Å². The lowest BCUT2D eigenvalue weighted by atomic mass is 10.2. The van der Waals surface area contributed by atoms with E-state index in [0.717, 1.165) is 26.1 Å². The van der Waals surface area contributed by atoms with E-state index >= 15 is 0 Å². The Labute approximate surface area is 86.7 Å². The first-order valence-corrected chi connectivity index (χ1v) is 5.35. The summed E-state index contributed by atoms with van der Waals surface area (Å²) in [5, 5.41) is 8.43. The summed E-state index contributed by atoms with van der Waals surface area (Å²) in [6.07, 6.45) is 2.82. The molecule has 0 atom stereocenters. The molecule has 0 saturated carbocycles. The number of rotatable bonds is 8. The van der Waals surface area contributed by atoms with Gasteiger partial charge in [0, 0.05) is 25.8 Å². The maximum absolute atomic E-state index is 11.0. The van der Waals surface area contributed by atoms with Gasteiger partial charge in [-0.1, -0.05) is 13.8 Å². The van der Waals surface area contributed by atoms with Gasteiger partial charge in [0.15, 0.2) is 0 Å². The van der Waals surface area contributed by atoms with Gasteiger partial charge in [0.2, 0.25) is 0 Å². The molecule has 0 aromatic rings. The fourth-order valence-corrected chi connectivity index (χ4v) is 1.31. The second-order valence-corrected chi connectivity index (χ2v) is 3.34. The maximum atomic E-state index is 11.0. The minimum atomic E-state index is 0.335. The van der Waals surface area contributed by atoms with Crippen molar-refractivity contribution in [3.05, 3.63) is 0 Å². The lowest BCUT2D eigenvalue weighted by Gasteiger charge is -2.18. The molecule has 0 N–H and O–H groups in total. The number of Topliss-reactive ketones (excluding diaryl/α,β-unsaturated/α-hetero) is 1. The van der Waals surface area contributed by atoms with E-state index in [1.54, 1.807) is 0 Å². The third-order valence-corrected chi connectivity index (χ3v) is 2.31. The smallest absolute Gasteiger partial charge is 0.132 e. The Morgan fingerprint density at radius 1 is 1.36 bits per heavy atom. The van der Waals surface area contributed by atoms with Gasteiger partial charge in [-0.3, -0.25) is 4.79 Å². The second-order valence-electron chi connectivity index (χ2n) is 3.34. The highest BCUT2D eigenvalue weighted by atomic mass is 16.1. The van der Waals surface area contributed by atoms with E-state index in [1.165, 1.54) is 0 Å². The van der Waals surface area contributed by atoms with Crippen LogP contribution >= 0.6 is 0 Å². The zero-order chi connectivity index (χ0) is 10.8. The van der Waals surface area contributed by atoms with Crippen LogP contribution in [0.25, 0.3) is 0 Å². The molecular formula is C11H20N2O. The van der Waals surface area contributed by atoms with Crippen LogP contribution in [0.1, 0.15) is 39.5 Å². The van der Waals surface area contributed by atoms with E-state index in [0.29, 0.717) is 25.0 Å². The fraction of sp³-hybridized carbons (Fsp3) is 0.818. The first-order valence-electron chi connectivity index (χ1n) is 5.35. The van der Waals surface area contributed by atoms with Crippen LogP contribution in [0.4, 0.5) is 0 Å². The normalized spacial score (nSPS) is 10.1. The Morgan fingerprint density at radius 2 is 2.07 bits per heavy atom. The Kier molecular flexibility index (Phi) is 8.16. The van der Waals surface area contributed by atoms with Crippen molar-refractivity contribution in [2.45, 2.75) is 39.5 Å². The number of carbonyl (C=O) groups is 1. The van der Waals surface area contributed by atoms with Gasteiger partial charge in [-0.2, -0.15) is 5.26 Å². The van der Waals surface area contributed by atoms with Crippen LogP contribution in [0.3, 0.4) is 0 Å². The average Bonchev–Trinajstić information content (AvgIpc) is 2.22. The van der Waals surface area contributed by atoms with Crippen molar-refractivity contribution in [1.82, 2.24) is 4.90 Å². The molecular weight excluding hydrogens is 176 g/mol. The Bertz CT molecular complexity index is 196. The molecule has 0 aliphatic carbocycles. The molecule has 14 heavy (non-hydrogen) atoms. The van der Waals surface area contributed by atoms with Gasteiger partial charge in [0.25, 0.3) is 0 Å². The van der Waals surface area contributed by atoms with Crippen molar-refractivity contribution < 1.29 is 4.79 Å². The summed E-state index contributed by atoms with van der Waals surface area (Å²) in [5.74, 6) is 0.335. The van der Waals surface area contributed by atoms with Crippen molar-refractivity contribution in [2.24, 2.45) is 0 Å². The number of nitrogens with zero attached hydrogens (tertiary/aromatic N) is 2. The van der Waals surface area contributed by atoms with Crippen LogP contribution in [-0.4, -0.2) is 30.3 Å². The second kappa shape index (κ2) is 8.71. The Hall–Kier alpha value is -0.880. The highest BCUT2D eigenvalue weighted by Crippen LogP contribution is 1.99. The third kappa shape index (κ3) is 6.62. The number of carbonyl (C=O) groups excluding carboxylic acids is 1. The highest BCUT2D eigenvalue weighted by molar-refractivity contribution is 5.77. The van der Waals surface area contributed by atoms with E-state index in [1.807, 2.05) is 6.92 Å². The van der Waals surface area contributed by atoms with Gasteiger partial charge in [0.05, 0.1) is 6.07 Å². The number of nitriles is 1. The highest BCUT2D eigenvalue weighted by Gasteiger charge is 2.03. The molecule has 0 saturated heterocycles. The molecule has 0 aromatic carbocycles. The zero-order valence-corrected chi connectivity index (χ0v) is 9.25. The maximum Gasteiger partial charge on any atom is 0.132 e. The molecule has 3 nitrogen and oxygen atoms in total. The molecule has 0 bridgehead atoms. The van der Waals surface area contributed by atoms with Gasteiger partial charge < -0.3 is 4.90 Å². The molecule has 0 rings (SSSR count). The SMILES string of the molecule is CCC(=O)CCCN(CC)CCC#N. The number of ketones is 1. The number of hydrogen-bond acceptors (Lipinski definition) is 3. The predicted octanol–water partition coefficient (Wildman–Crippen LogP) is 1.98. The summed E-state index contributed by atoms with van der Waals surface area (Å²) < 4.78 is 0. The van der Waals surface area contributed by atoms with Crippen molar-refractivity contribution >= 4 is 5.78 Å². The van der Waals surface area contributed by atoms with E-state index in [9.17, 15) is 4.79 Å². The minimum absolute atomic E-state index is 0.335. The lowest BCUT2D eigenvalue weighted by Crippen LogP contribution is -2.25. The molecule has 0 fully saturated rings. The monoisotopic (exact) mass is 196 g/mol. The largest absolute Gasteiger partial charge is 0.303 e. The van der Waals surface area contributed by atoms with Crippen LogP contribution in [0.2, 0.25) is 0 Å². The summed E-state index contributed by atoms with van der Waals surface area (Å²) in [6, 6.07) is 2.13. The first kappa shape index (κ1) is 13.1. The standard InChI is InChI=1S/C11H20N2O/c1-3-11(14)7-5-9-13(4-2)10-6-8-12/h3-7,9-10H2,1-2H3. The predicted molar refractivity (Wildman–Crippen MR) is 56.9 cm³/mol. The van der Waals surface area contributed by atoms with Crippen LogP contribution in [0.5, 0.6) is 0 Å². The average molecular weight is 196 g/mol. The molecule has 0 heterocycles. The van der Waals surface area contributed by atoms with E-state index < -0.39 is 0 Å². The van der Waals surface area contributed by atoms with E-state index in [4.69, 9.17) is 5.26 Å². The molecule has 3 heteroatoms. The summed E-state index contributed by atoms with van der Waals surface area (Å²) >= 11 is 0. The molecule has 0 unspecified atom stereocenters. The lowest BCUT2D eigenvalue weighted by molar-refractivity contribution is -0.118. The molecule has 80 valence electrons. The Balaban J connectivity index is 3.52. The van der Waals surface area contributed by atoms with E-state index in [-0.39, 0.29) is 0 Å². The third-order valence-electron chi connectivity index (χ3n) is 2.31. The summed E-state index contributed by atoms with van der Waals surface area (Å²) in [6.45, 7) is 6.70. The first-order chi connectivity index (χ1) is 6.74. The van der Waals surface area contributed by atoms with Crippen molar-refractivity contribution in [2.75, 3.05) is 19.6 Å². The molecule has 0 aliphatic heterocycles. The van der Waals surface area contributed by atoms with Crippen LogP contribution in [0.15, 0.2) is 0 Å². The van der Waals surface area contributed by atoms with Crippen molar-refractivity contribution in [3.8, 4) is 6.07 Å². The molecule has 0 radical (unpaired) electrons. The fourth-order valence-electron chi connectivity index (χ4n) is 1.31.